The highest BCUT2D eigenvalue weighted by Crippen LogP contribution is 1.64. The number of hydrogen-bond donors (Lipinski definition) is 2. The largest absolute Gasteiger partial charge is 0.546 e. The molecule has 0 saturated heterocycles. The van der Waals surface area contributed by atoms with E-state index < -0.39 is 12.2 Å². The molecule has 0 aromatic heterocycles. The number of aliphatic carboxylic acids is 1. The van der Waals surface area contributed by atoms with Crippen LogP contribution in [0.1, 0.15) is 0 Å². The molecule has 0 spiro atoms. The van der Waals surface area contributed by atoms with Gasteiger partial charge in [-0.15, -0.1) is 0 Å². The molecule has 0 aliphatic rings. The number of carbonyl (C=O) groups is 1. The monoisotopic (exact) mass is 104 g/mol. The van der Waals surface area contributed by atoms with Crippen molar-refractivity contribution in [3.05, 3.63) is 0 Å². The van der Waals surface area contributed by atoms with E-state index in [1.165, 1.54) is 7.05 Å². The molecule has 2 N–H and O–H groups in total. The minimum absolute atomic E-state index is 1.32. The molecule has 0 saturated carbocycles. The van der Waals surface area contributed by atoms with Gasteiger partial charge in [0.1, 0.15) is 6.23 Å². The zero-order chi connectivity index (χ0) is 5.86. The van der Waals surface area contributed by atoms with Crippen LogP contribution in [0.4, 0.5) is 0 Å². The average molecular weight is 104 g/mol. The van der Waals surface area contributed by atoms with Gasteiger partial charge in [0.15, 0.2) is 0 Å². The number of nitrogens with one attached hydrogen (secondary N) is 1. The summed E-state index contributed by atoms with van der Waals surface area (Å²) in [5.41, 5.74) is 0. The fourth-order valence-electron chi connectivity index (χ4n) is 0.118. The number of rotatable bonds is 2. The summed E-state index contributed by atoms with van der Waals surface area (Å²) in [6.07, 6.45) is -1.54. The van der Waals surface area contributed by atoms with Gasteiger partial charge in [0, 0.05) is 0 Å². The molecule has 4 heteroatoms. The lowest BCUT2D eigenvalue weighted by Gasteiger charge is -2.07. The Balaban J connectivity index is 3.34. The van der Waals surface area contributed by atoms with E-state index in [9.17, 15) is 9.90 Å². The molecule has 0 amide bonds. The highest BCUT2D eigenvalue weighted by molar-refractivity contribution is 5.68. The van der Waals surface area contributed by atoms with Crippen LogP contribution in [0.25, 0.3) is 0 Å². The lowest BCUT2D eigenvalue weighted by atomic mass is 10.6. The molecule has 0 heterocycles. The fourth-order valence-corrected chi connectivity index (χ4v) is 0.118. The number of hydrogen-bond acceptors (Lipinski definition) is 4. The number of carbonyl (C=O) groups excluding carboxylic acids is 1. The predicted molar refractivity (Wildman–Crippen MR) is 20.1 cm³/mol. The van der Waals surface area contributed by atoms with Gasteiger partial charge in [-0.1, -0.05) is 0 Å². The van der Waals surface area contributed by atoms with E-state index in [4.69, 9.17) is 5.11 Å². The van der Waals surface area contributed by atoms with Gasteiger partial charge in [-0.25, -0.2) is 0 Å². The van der Waals surface area contributed by atoms with Crippen molar-refractivity contribution in [2.75, 3.05) is 7.05 Å². The summed E-state index contributed by atoms with van der Waals surface area (Å²) in [5.74, 6) is -1.51. The Bertz CT molecular complexity index is 72.6. The van der Waals surface area contributed by atoms with Crippen LogP contribution in [-0.2, 0) is 4.79 Å². The molecule has 0 fully saturated rings. The second-order valence-electron chi connectivity index (χ2n) is 1.01. The average Bonchev–Trinajstić information content (AvgIpc) is 1.65. The molecule has 4 nitrogen and oxygen atoms in total. The number of likely N-dealkylation sites (N-methyl/N-ethyl adjacent to an activating group) is 1. The van der Waals surface area contributed by atoms with Crippen molar-refractivity contribution in [3.8, 4) is 0 Å². The maximum Gasteiger partial charge on any atom is 0.145 e. The Morgan fingerprint density at radius 1 is 2.00 bits per heavy atom. The Kier molecular flexibility index (Phi) is 2.32. The van der Waals surface area contributed by atoms with Crippen LogP contribution in [0.2, 0.25) is 0 Å². The van der Waals surface area contributed by atoms with Crippen molar-refractivity contribution in [2.45, 2.75) is 6.23 Å². The third kappa shape index (κ3) is 2.13. The van der Waals surface area contributed by atoms with Gasteiger partial charge in [0.05, 0.1) is 5.97 Å². The first-order valence-corrected chi connectivity index (χ1v) is 1.74. The molecule has 0 rings (SSSR count). The Hall–Kier alpha value is -0.610. The van der Waals surface area contributed by atoms with Crippen LogP contribution in [0.3, 0.4) is 0 Å². The molecule has 0 aromatic carbocycles. The van der Waals surface area contributed by atoms with Crippen LogP contribution in [-0.4, -0.2) is 24.4 Å². The zero-order valence-electron chi connectivity index (χ0n) is 3.84. The first-order valence-electron chi connectivity index (χ1n) is 1.74. The maximum atomic E-state index is 9.51. The van der Waals surface area contributed by atoms with Crippen LogP contribution in [0, 0.1) is 0 Å². The van der Waals surface area contributed by atoms with Crippen LogP contribution < -0.4 is 10.4 Å². The number of carboxylic acid groups (broad SMARTS) is 1. The minimum atomic E-state index is -1.54. The Morgan fingerprint density at radius 3 is 2.43 bits per heavy atom. The smallest absolute Gasteiger partial charge is 0.145 e. The van der Waals surface area contributed by atoms with E-state index in [-0.39, 0.29) is 0 Å². The van der Waals surface area contributed by atoms with Crippen molar-refractivity contribution >= 4 is 5.97 Å². The van der Waals surface area contributed by atoms with E-state index >= 15 is 0 Å². The third-order valence-electron chi connectivity index (χ3n) is 0.497. The SMILES string of the molecule is CNC(O)C(=O)[O-]. The fraction of sp³-hybridized carbons (Fsp3) is 0.667. The first-order chi connectivity index (χ1) is 3.18. The van der Waals surface area contributed by atoms with Crippen LogP contribution >= 0.6 is 0 Å². The van der Waals surface area contributed by atoms with Gasteiger partial charge in [-0.05, 0) is 7.05 Å². The summed E-state index contributed by atoms with van der Waals surface area (Å²) >= 11 is 0. The molecular formula is C3H6NO3-. The minimum Gasteiger partial charge on any atom is -0.546 e. The zero-order valence-corrected chi connectivity index (χ0v) is 3.84. The molecule has 0 radical (unpaired) electrons. The summed E-state index contributed by atoms with van der Waals surface area (Å²) in [5, 5.41) is 19.7. The van der Waals surface area contributed by atoms with Crippen LogP contribution in [0.15, 0.2) is 0 Å². The van der Waals surface area contributed by atoms with Crippen LogP contribution in [0.5, 0.6) is 0 Å². The molecule has 0 aliphatic heterocycles. The highest BCUT2D eigenvalue weighted by Gasteiger charge is 1.95. The molecule has 42 valence electrons. The number of aliphatic hydroxyl groups excluding tert-OH is 1. The molecule has 1 unspecified atom stereocenters. The topological polar surface area (TPSA) is 72.4 Å². The van der Waals surface area contributed by atoms with Gasteiger partial charge >= 0.3 is 0 Å². The van der Waals surface area contributed by atoms with Crippen molar-refractivity contribution in [1.29, 1.82) is 0 Å². The lowest BCUT2D eigenvalue weighted by Crippen LogP contribution is -2.43. The normalized spacial score (nSPS) is 13.4. The summed E-state index contributed by atoms with van der Waals surface area (Å²) in [4.78, 5) is 9.51. The van der Waals surface area contributed by atoms with E-state index in [1.807, 2.05) is 0 Å². The second-order valence-corrected chi connectivity index (χ2v) is 1.01. The predicted octanol–water partition coefficient (Wildman–Crippen LogP) is -2.73. The summed E-state index contributed by atoms with van der Waals surface area (Å²) in [7, 11) is 1.32. The van der Waals surface area contributed by atoms with E-state index in [1.54, 1.807) is 0 Å². The summed E-state index contributed by atoms with van der Waals surface area (Å²) < 4.78 is 0. The molecule has 7 heavy (non-hydrogen) atoms. The standard InChI is InChI=1S/C3H7NO3/c1-4-2(5)3(6)7/h2,4-5H,1H3,(H,6,7)/p-1. The first kappa shape index (κ1) is 6.39. The number of aliphatic hydroxyl groups is 1. The molecule has 0 bridgehead atoms. The third-order valence-corrected chi connectivity index (χ3v) is 0.497. The maximum absolute atomic E-state index is 9.51. The van der Waals surface area contributed by atoms with Crippen molar-refractivity contribution in [1.82, 2.24) is 5.32 Å². The molecule has 0 aliphatic carbocycles. The van der Waals surface area contributed by atoms with Crippen molar-refractivity contribution < 1.29 is 15.0 Å². The van der Waals surface area contributed by atoms with Gasteiger partial charge in [0.25, 0.3) is 0 Å². The summed E-state index contributed by atoms with van der Waals surface area (Å²) in [6, 6.07) is 0. The van der Waals surface area contributed by atoms with E-state index in [0.717, 1.165) is 0 Å². The van der Waals surface area contributed by atoms with Gasteiger partial charge in [-0.3, -0.25) is 5.32 Å². The van der Waals surface area contributed by atoms with E-state index in [0.29, 0.717) is 0 Å². The quantitative estimate of drug-likeness (QED) is 0.373. The van der Waals surface area contributed by atoms with E-state index in [2.05, 4.69) is 5.32 Å². The lowest BCUT2D eigenvalue weighted by molar-refractivity contribution is -0.316. The van der Waals surface area contributed by atoms with Gasteiger partial charge in [0.2, 0.25) is 0 Å². The second kappa shape index (κ2) is 2.54. The molecular weight excluding hydrogens is 98.0 g/mol. The van der Waals surface area contributed by atoms with Crippen molar-refractivity contribution in [2.24, 2.45) is 0 Å². The Labute approximate surface area is 40.8 Å². The van der Waals surface area contributed by atoms with Gasteiger partial charge < -0.3 is 15.0 Å². The number of carboxylic acids is 1. The highest BCUT2D eigenvalue weighted by atomic mass is 16.4. The molecule has 0 aromatic rings. The Morgan fingerprint density at radius 2 is 2.43 bits per heavy atom. The summed E-state index contributed by atoms with van der Waals surface area (Å²) in [6.45, 7) is 0. The molecule has 1 atom stereocenters. The van der Waals surface area contributed by atoms with Crippen molar-refractivity contribution in [3.63, 3.8) is 0 Å². The van der Waals surface area contributed by atoms with Gasteiger partial charge in [-0.2, -0.15) is 0 Å².